The first-order chi connectivity index (χ1) is 16.2. The Bertz CT molecular complexity index is 1360. The van der Waals surface area contributed by atoms with Crippen molar-refractivity contribution in [3.05, 3.63) is 66.0 Å². The molecule has 1 amide bonds. The molecule has 9 heteroatoms. The average molecular weight is 485 g/mol. The number of rotatable bonds is 8. The summed E-state index contributed by atoms with van der Waals surface area (Å²) in [4.78, 5) is 11.9. The number of ether oxygens (including phenoxy) is 2. The van der Waals surface area contributed by atoms with Gasteiger partial charge in [0.1, 0.15) is 30.3 Å². The van der Waals surface area contributed by atoms with Crippen molar-refractivity contribution in [2.45, 2.75) is 32.8 Å². The first-order valence-electron chi connectivity index (χ1n) is 11.1. The smallest absolute Gasteiger partial charge is 0.326 e. The number of anilines is 1. The molecule has 7 nitrogen and oxygen atoms in total. The normalized spacial score (nSPS) is 18.1. The molecule has 178 valence electrons. The van der Waals surface area contributed by atoms with Crippen LogP contribution in [0.4, 0.5) is 10.1 Å². The van der Waals surface area contributed by atoms with E-state index in [1.807, 2.05) is 35.1 Å². The van der Waals surface area contributed by atoms with Crippen LogP contribution in [0.25, 0.3) is 10.8 Å². The molecule has 1 N–H and O–H groups in total. The number of carbonyl (C=O) groups is 1. The lowest BCUT2D eigenvalue weighted by molar-refractivity contribution is -0.117. The molecule has 34 heavy (non-hydrogen) atoms. The van der Waals surface area contributed by atoms with E-state index in [2.05, 4.69) is 6.92 Å². The molecule has 3 aromatic carbocycles. The van der Waals surface area contributed by atoms with E-state index in [1.165, 1.54) is 12.8 Å². The predicted octanol–water partition coefficient (Wildman–Crippen LogP) is 4.31. The Labute approximate surface area is 197 Å². The Kier molecular flexibility index (Phi) is 5.59. The second-order valence-corrected chi connectivity index (χ2v) is 10.7. The Morgan fingerprint density at radius 1 is 1.09 bits per heavy atom. The lowest BCUT2D eigenvalue weighted by Crippen LogP contribution is -2.30. The molecule has 1 heterocycles. The quantitative estimate of drug-likeness (QED) is 0.515. The van der Waals surface area contributed by atoms with Gasteiger partial charge >= 0.3 is 10.2 Å². The number of carbonyl (C=O) groups excluding carboxylic acids is 1. The van der Waals surface area contributed by atoms with Crippen LogP contribution in [0.5, 0.6) is 11.5 Å². The van der Waals surface area contributed by atoms with Crippen molar-refractivity contribution < 1.29 is 27.1 Å². The lowest BCUT2D eigenvalue weighted by atomic mass is 10.1. The minimum Gasteiger partial charge on any atom is -0.494 e. The summed E-state index contributed by atoms with van der Waals surface area (Å²) in [6.07, 6.45) is 3.30. The Hall–Kier alpha value is -3.33. The van der Waals surface area contributed by atoms with Crippen LogP contribution >= 0.6 is 0 Å². The number of halogens is 1. The van der Waals surface area contributed by atoms with Crippen molar-refractivity contribution in [1.82, 2.24) is 4.72 Å². The van der Waals surface area contributed by atoms with Gasteiger partial charge in [0.2, 0.25) is 0 Å². The summed E-state index contributed by atoms with van der Waals surface area (Å²) in [5.41, 5.74) is 0.870. The lowest BCUT2D eigenvalue weighted by Gasteiger charge is -2.21. The van der Waals surface area contributed by atoms with Crippen molar-refractivity contribution in [2.24, 2.45) is 5.41 Å². The Morgan fingerprint density at radius 2 is 1.85 bits per heavy atom. The van der Waals surface area contributed by atoms with Crippen molar-refractivity contribution in [1.29, 1.82) is 0 Å². The van der Waals surface area contributed by atoms with E-state index in [1.54, 1.807) is 24.3 Å². The summed E-state index contributed by atoms with van der Waals surface area (Å²) in [5, 5.41) is 0.716. The van der Waals surface area contributed by atoms with Gasteiger partial charge in [0, 0.05) is 5.39 Å². The van der Waals surface area contributed by atoms with Crippen molar-refractivity contribution in [2.75, 3.05) is 17.5 Å². The number of amides is 1. The number of hydrogen-bond acceptors (Lipinski definition) is 5. The molecule has 0 aromatic heterocycles. The monoisotopic (exact) mass is 484 g/mol. The summed E-state index contributed by atoms with van der Waals surface area (Å²) in [7, 11) is -4.24. The molecule has 2 aliphatic rings. The molecular weight excluding hydrogens is 459 g/mol. The standard InChI is InChI=1S/C25H25FN2O5S/c1-25(9-10-25)11-12-32-19-8-7-18-13-21(33-16-17-5-3-2-4-6-17)24(23(26)20(18)14-19)28-15-22(29)27-34(28,30)31/h2-8,13-14H,9-12,15-16H2,1H3,(H,27,29). The third-order valence-electron chi connectivity index (χ3n) is 6.37. The van der Waals surface area contributed by atoms with Crippen LogP contribution in [0, 0.1) is 11.2 Å². The first kappa shape index (κ1) is 22.5. The van der Waals surface area contributed by atoms with Crippen molar-refractivity contribution >= 4 is 32.6 Å². The van der Waals surface area contributed by atoms with Gasteiger partial charge in [-0.2, -0.15) is 8.42 Å². The minimum absolute atomic E-state index is 0.0317. The molecule has 1 saturated heterocycles. The summed E-state index contributed by atoms with van der Waals surface area (Å²) in [5.74, 6) is -0.998. The summed E-state index contributed by atoms with van der Waals surface area (Å²) in [6.45, 7) is 2.31. The van der Waals surface area contributed by atoms with Gasteiger partial charge in [-0.1, -0.05) is 43.3 Å². The maximum absolute atomic E-state index is 15.9. The molecule has 0 unspecified atom stereocenters. The van der Waals surface area contributed by atoms with Crippen LogP contribution in [0.15, 0.2) is 54.6 Å². The zero-order valence-electron chi connectivity index (χ0n) is 18.7. The molecule has 5 rings (SSSR count). The zero-order valence-corrected chi connectivity index (χ0v) is 19.5. The van der Waals surface area contributed by atoms with Crippen LogP contribution in [0.2, 0.25) is 0 Å². The molecule has 1 aliphatic carbocycles. The van der Waals surface area contributed by atoms with Crippen LogP contribution in [0.3, 0.4) is 0 Å². The third kappa shape index (κ3) is 4.52. The van der Waals surface area contributed by atoms with Gasteiger partial charge in [-0.3, -0.25) is 4.79 Å². The van der Waals surface area contributed by atoms with Gasteiger partial charge in [0.05, 0.1) is 6.61 Å². The van der Waals surface area contributed by atoms with Crippen LogP contribution in [-0.4, -0.2) is 27.5 Å². The van der Waals surface area contributed by atoms with Crippen LogP contribution < -0.4 is 18.5 Å². The average Bonchev–Trinajstić information content (AvgIpc) is 3.47. The van der Waals surface area contributed by atoms with Gasteiger partial charge in [-0.15, -0.1) is 0 Å². The number of hydrogen-bond donors (Lipinski definition) is 1. The number of nitrogens with one attached hydrogen (secondary N) is 1. The maximum atomic E-state index is 15.9. The van der Waals surface area contributed by atoms with E-state index < -0.39 is 28.5 Å². The summed E-state index contributed by atoms with van der Waals surface area (Å²) >= 11 is 0. The van der Waals surface area contributed by atoms with Gasteiger partial charge in [0.25, 0.3) is 5.91 Å². The molecule has 0 bridgehead atoms. The SMILES string of the molecule is CC1(CCOc2ccc3cc(OCc4ccccc4)c(N4CC(=O)NS4(=O)=O)c(F)c3c2)CC1. The highest BCUT2D eigenvalue weighted by Gasteiger charge is 2.38. The van der Waals surface area contributed by atoms with Gasteiger partial charge in [-0.25, -0.2) is 13.4 Å². The van der Waals surface area contributed by atoms with E-state index >= 15 is 4.39 Å². The summed E-state index contributed by atoms with van der Waals surface area (Å²) in [6, 6.07) is 15.9. The Balaban J connectivity index is 1.52. The minimum atomic E-state index is -4.24. The highest BCUT2D eigenvalue weighted by atomic mass is 32.2. The van der Waals surface area contributed by atoms with E-state index in [9.17, 15) is 13.2 Å². The highest BCUT2D eigenvalue weighted by Crippen LogP contribution is 2.48. The van der Waals surface area contributed by atoms with Gasteiger partial charge in [0.15, 0.2) is 5.82 Å². The molecular formula is C25H25FN2O5S. The largest absolute Gasteiger partial charge is 0.494 e. The first-order valence-corrected chi connectivity index (χ1v) is 12.6. The van der Waals surface area contributed by atoms with E-state index in [4.69, 9.17) is 9.47 Å². The molecule has 0 spiro atoms. The van der Waals surface area contributed by atoms with Crippen molar-refractivity contribution in [3.8, 4) is 11.5 Å². The molecule has 0 radical (unpaired) electrons. The van der Waals surface area contributed by atoms with Crippen LogP contribution in [-0.2, 0) is 21.6 Å². The molecule has 3 aromatic rings. The fraction of sp³-hybridized carbons (Fsp3) is 0.320. The zero-order chi connectivity index (χ0) is 23.9. The molecule has 1 saturated carbocycles. The fourth-order valence-electron chi connectivity index (χ4n) is 3.99. The topological polar surface area (TPSA) is 84.9 Å². The second kappa shape index (κ2) is 8.47. The maximum Gasteiger partial charge on any atom is 0.326 e. The number of nitrogens with zero attached hydrogens (tertiary/aromatic N) is 1. The fourth-order valence-corrected chi connectivity index (χ4v) is 5.15. The molecule has 2 fully saturated rings. The van der Waals surface area contributed by atoms with E-state index in [0.717, 1.165) is 12.0 Å². The highest BCUT2D eigenvalue weighted by molar-refractivity contribution is 7.92. The summed E-state index contributed by atoms with van der Waals surface area (Å²) < 4.78 is 55.3. The number of fused-ring (bicyclic) bond motifs is 1. The van der Waals surface area contributed by atoms with Crippen molar-refractivity contribution in [3.63, 3.8) is 0 Å². The van der Waals surface area contributed by atoms with Gasteiger partial charge < -0.3 is 9.47 Å². The second-order valence-electron chi connectivity index (χ2n) is 9.14. The molecule has 1 aliphatic heterocycles. The van der Waals surface area contributed by atoms with Crippen LogP contribution in [0.1, 0.15) is 31.7 Å². The third-order valence-corrected chi connectivity index (χ3v) is 7.75. The van der Waals surface area contributed by atoms with E-state index in [-0.39, 0.29) is 23.4 Å². The number of benzene rings is 3. The van der Waals surface area contributed by atoms with Gasteiger partial charge in [-0.05, 0) is 53.8 Å². The predicted molar refractivity (Wildman–Crippen MR) is 127 cm³/mol. The Morgan fingerprint density at radius 3 is 2.53 bits per heavy atom. The molecule has 0 atom stereocenters. The van der Waals surface area contributed by atoms with E-state index in [0.29, 0.717) is 27.5 Å².